The fraction of sp³-hybridized carbons (Fsp3) is 0.182. The molecule has 6 heteroatoms. The summed E-state index contributed by atoms with van der Waals surface area (Å²) in [6.45, 7) is 3.86. The summed E-state index contributed by atoms with van der Waals surface area (Å²) in [5, 5.41) is 7.38. The van der Waals surface area contributed by atoms with Gasteiger partial charge in [0.15, 0.2) is 5.82 Å². The summed E-state index contributed by atoms with van der Waals surface area (Å²) in [6.07, 6.45) is 1.05. The van der Waals surface area contributed by atoms with Gasteiger partial charge in [-0.3, -0.25) is 4.79 Å². The van der Waals surface area contributed by atoms with Gasteiger partial charge in [0.05, 0.1) is 6.42 Å². The van der Waals surface area contributed by atoms with E-state index in [9.17, 15) is 4.79 Å². The van der Waals surface area contributed by atoms with Crippen molar-refractivity contribution in [1.82, 2.24) is 19.6 Å². The molecule has 138 valence electrons. The number of carbonyl (C=O) groups excluding carboxylic acids is 1. The van der Waals surface area contributed by atoms with Crippen molar-refractivity contribution in [2.45, 2.75) is 26.7 Å². The van der Waals surface area contributed by atoms with Crippen molar-refractivity contribution in [3.05, 3.63) is 76.9 Å². The maximum absolute atomic E-state index is 12.5. The average Bonchev–Trinajstić information content (AvgIpc) is 3.22. The first-order chi connectivity index (χ1) is 13.6. The predicted octanol–water partition coefficient (Wildman–Crippen LogP) is 3.49. The lowest BCUT2D eigenvalue weighted by atomic mass is 10.1. The molecular formula is C22H19N5O. The molecule has 28 heavy (non-hydrogen) atoms. The Morgan fingerprint density at radius 2 is 1.86 bits per heavy atom. The predicted molar refractivity (Wildman–Crippen MR) is 107 cm³/mol. The van der Waals surface area contributed by atoms with Crippen molar-refractivity contribution in [3.8, 4) is 11.1 Å². The number of hydrogen-bond acceptors (Lipinski definition) is 4. The molecule has 0 aliphatic heterocycles. The maximum atomic E-state index is 12.5. The molecule has 2 aromatic heterocycles. The van der Waals surface area contributed by atoms with Gasteiger partial charge in [-0.15, -0.1) is 5.10 Å². The van der Waals surface area contributed by atoms with Gasteiger partial charge in [-0.1, -0.05) is 30.3 Å². The summed E-state index contributed by atoms with van der Waals surface area (Å²) >= 11 is 0. The molecule has 1 amide bonds. The van der Waals surface area contributed by atoms with Crippen molar-refractivity contribution >= 4 is 17.4 Å². The molecule has 6 nitrogen and oxygen atoms in total. The summed E-state index contributed by atoms with van der Waals surface area (Å²) in [4.78, 5) is 21.3. The molecule has 0 bridgehead atoms. The van der Waals surface area contributed by atoms with E-state index in [0.717, 1.165) is 23.5 Å². The number of aromatic nitrogens is 4. The highest BCUT2D eigenvalue weighted by Gasteiger charge is 2.19. The first-order valence-corrected chi connectivity index (χ1v) is 9.28. The van der Waals surface area contributed by atoms with E-state index in [1.54, 1.807) is 4.52 Å². The number of fused-ring (bicyclic) bond motifs is 4. The van der Waals surface area contributed by atoms with E-state index in [-0.39, 0.29) is 12.3 Å². The summed E-state index contributed by atoms with van der Waals surface area (Å²) < 4.78 is 1.67. The van der Waals surface area contributed by atoms with Crippen molar-refractivity contribution in [2.24, 2.45) is 0 Å². The van der Waals surface area contributed by atoms with Gasteiger partial charge in [0.1, 0.15) is 0 Å². The van der Waals surface area contributed by atoms with E-state index in [0.29, 0.717) is 11.6 Å². The molecule has 5 rings (SSSR count). The molecule has 1 N–H and O–H groups in total. The van der Waals surface area contributed by atoms with Crippen LogP contribution in [0.15, 0.2) is 48.5 Å². The van der Waals surface area contributed by atoms with Gasteiger partial charge in [0.2, 0.25) is 5.91 Å². The summed E-state index contributed by atoms with van der Waals surface area (Å²) in [7, 11) is 0. The lowest BCUT2D eigenvalue weighted by molar-refractivity contribution is -0.115. The van der Waals surface area contributed by atoms with Crippen LogP contribution in [-0.2, 0) is 17.6 Å². The highest BCUT2D eigenvalue weighted by molar-refractivity contribution is 5.93. The van der Waals surface area contributed by atoms with E-state index >= 15 is 0 Å². The largest absolute Gasteiger partial charge is 0.326 e. The van der Waals surface area contributed by atoms with Crippen LogP contribution in [0.1, 0.15) is 28.3 Å². The Morgan fingerprint density at radius 1 is 1.04 bits per heavy atom. The molecule has 4 aromatic rings. The van der Waals surface area contributed by atoms with Gasteiger partial charge < -0.3 is 5.32 Å². The zero-order chi connectivity index (χ0) is 19.3. The Bertz CT molecular complexity index is 1240. The van der Waals surface area contributed by atoms with Crippen LogP contribution in [0.2, 0.25) is 0 Å². The zero-order valence-electron chi connectivity index (χ0n) is 15.7. The molecule has 0 atom stereocenters. The highest BCUT2D eigenvalue weighted by Crippen LogP contribution is 2.37. The molecule has 2 heterocycles. The standard InChI is InChI=1S/C22H19N5O/c1-13-9-14(2)27-22(23-13)25-20(26-27)12-21(28)24-17-8-7-16-10-15-5-3-4-6-18(15)19(16)11-17/h3-9,11H,10,12H2,1-2H3,(H,24,28). The number of benzene rings is 2. The van der Waals surface area contributed by atoms with Crippen LogP contribution in [0.5, 0.6) is 0 Å². The van der Waals surface area contributed by atoms with Gasteiger partial charge in [-0.05, 0) is 60.7 Å². The highest BCUT2D eigenvalue weighted by atomic mass is 16.1. The zero-order valence-corrected chi connectivity index (χ0v) is 15.7. The van der Waals surface area contributed by atoms with Crippen LogP contribution >= 0.6 is 0 Å². The number of hydrogen-bond donors (Lipinski definition) is 1. The topological polar surface area (TPSA) is 72.2 Å². The molecule has 0 unspecified atom stereocenters. The van der Waals surface area contributed by atoms with Crippen LogP contribution in [0.4, 0.5) is 5.69 Å². The van der Waals surface area contributed by atoms with E-state index in [1.807, 2.05) is 38.1 Å². The first-order valence-electron chi connectivity index (χ1n) is 9.28. The monoisotopic (exact) mass is 369 g/mol. The number of nitrogens with one attached hydrogen (secondary N) is 1. The number of rotatable bonds is 3. The average molecular weight is 369 g/mol. The molecule has 0 saturated carbocycles. The van der Waals surface area contributed by atoms with Crippen LogP contribution in [0.25, 0.3) is 16.9 Å². The molecule has 1 aliphatic carbocycles. The van der Waals surface area contributed by atoms with Crippen molar-refractivity contribution in [2.75, 3.05) is 5.32 Å². The Kier molecular flexibility index (Phi) is 3.72. The van der Waals surface area contributed by atoms with Gasteiger partial charge in [0, 0.05) is 17.1 Å². The number of nitrogens with zero attached hydrogens (tertiary/aromatic N) is 4. The molecule has 0 radical (unpaired) electrons. The third-order valence-electron chi connectivity index (χ3n) is 5.06. The number of carbonyl (C=O) groups is 1. The quantitative estimate of drug-likeness (QED) is 0.528. The van der Waals surface area contributed by atoms with Crippen LogP contribution in [-0.4, -0.2) is 25.5 Å². The molecular weight excluding hydrogens is 350 g/mol. The Labute approximate surface area is 162 Å². The third-order valence-corrected chi connectivity index (χ3v) is 5.06. The van der Waals surface area contributed by atoms with Crippen LogP contribution in [0.3, 0.4) is 0 Å². The number of aryl methyl sites for hydroxylation is 2. The Balaban J connectivity index is 1.36. The van der Waals surface area contributed by atoms with Crippen molar-refractivity contribution in [3.63, 3.8) is 0 Å². The number of anilines is 1. The van der Waals surface area contributed by atoms with E-state index in [2.05, 4.69) is 44.6 Å². The molecule has 1 aliphatic rings. The van der Waals surface area contributed by atoms with Crippen molar-refractivity contribution < 1.29 is 4.79 Å². The first kappa shape index (κ1) is 16.6. The summed E-state index contributed by atoms with van der Waals surface area (Å²) in [6, 6.07) is 16.4. The van der Waals surface area contributed by atoms with Crippen LogP contribution < -0.4 is 5.32 Å². The minimum Gasteiger partial charge on any atom is -0.326 e. The van der Waals surface area contributed by atoms with Crippen LogP contribution in [0, 0.1) is 13.8 Å². The fourth-order valence-electron chi connectivity index (χ4n) is 3.83. The molecule has 2 aromatic carbocycles. The van der Waals surface area contributed by atoms with Gasteiger partial charge in [0.25, 0.3) is 5.78 Å². The lowest BCUT2D eigenvalue weighted by Gasteiger charge is -2.07. The summed E-state index contributed by atoms with van der Waals surface area (Å²) in [5.74, 6) is 0.844. The van der Waals surface area contributed by atoms with Crippen molar-refractivity contribution in [1.29, 1.82) is 0 Å². The smallest absolute Gasteiger partial charge is 0.252 e. The SMILES string of the molecule is Cc1cc(C)n2nc(CC(=O)Nc3ccc4c(c3)-c3ccccc3C4)nc2n1. The maximum Gasteiger partial charge on any atom is 0.252 e. The van der Waals surface area contributed by atoms with Gasteiger partial charge >= 0.3 is 0 Å². The number of amides is 1. The summed E-state index contributed by atoms with van der Waals surface area (Å²) in [5.41, 5.74) is 7.66. The second-order valence-corrected chi connectivity index (χ2v) is 7.21. The lowest BCUT2D eigenvalue weighted by Crippen LogP contribution is -2.15. The van der Waals surface area contributed by atoms with Gasteiger partial charge in [-0.25, -0.2) is 9.50 Å². The normalized spacial score (nSPS) is 12.1. The fourth-order valence-corrected chi connectivity index (χ4v) is 3.83. The second kappa shape index (κ2) is 6.27. The minimum atomic E-state index is -0.142. The van der Waals surface area contributed by atoms with E-state index in [1.165, 1.54) is 22.3 Å². The minimum absolute atomic E-state index is 0.107. The van der Waals surface area contributed by atoms with Gasteiger partial charge in [-0.2, -0.15) is 4.98 Å². The molecule has 0 fully saturated rings. The Hall–Kier alpha value is -3.54. The van der Waals surface area contributed by atoms with E-state index in [4.69, 9.17) is 0 Å². The molecule has 0 saturated heterocycles. The third kappa shape index (κ3) is 2.83. The Morgan fingerprint density at radius 3 is 2.75 bits per heavy atom. The van der Waals surface area contributed by atoms with E-state index < -0.39 is 0 Å². The second-order valence-electron chi connectivity index (χ2n) is 7.21. The molecule has 0 spiro atoms.